The van der Waals surface area contributed by atoms with Gasteiger partial charge >= 0.3 is 5.97 Å². The number of aliphatic carboxylic acids is 1. The first-order valence-electron chi connectivity index (χ1n) is 37.7. The van der Waals surface area contributed by atoms with Crippen molar-refractivity contribution < 1.29 is 77.3 Å². The van der Waals surface area contributed by atoms with Crippen LogP contribution in [0.15, 0.2) is 59.6 Å². The SMILES string of the molecule is CC12CNCCNCC(NC(=O)CCCC(=O)NC(Cc3ccc(O)cc3)C(=O)NCCCCCC(=O)NC(CSC3CC(=O)N(CCC(=O)NCCCCC4NC(=O)C(Cc5ccccc5)NC(=O)C(CC(=O)O)NC(=O)CNC(=O)[C@H](CCCN=C(N)N)NC4=O)C3=O)C(N)=O)(CNCCNC1)CNCCNC2. The molecule has 608 valence electrons. The van der Waals surface area contributed by atoms with Gasteiger partial charge in [0, 0.05) is 161 Å². The van der Waals surface area contributed by atoms with Gasteiger partial charge in [0.1, 0.15) is 42.0 Å². The average Bonchev–Trinajstić information content (AvgIpc) is 1.76. The summed E-state index contributed by atoms with van der Waals surface area (Å²) in [5.41, 5.74) is 17.2. The van der Waals surface area contributed by atoms with Gasteiger partial charge in [-0.15, -0.1) is 11.8 Å². The fourth-order valence-electron chi connectivity index (χ4n) is 12.8. The quantitative estimate of drug-likeness (QED) is 0.0131. The van der Waals surface area contributed by atoms with E-state index < -0.39 is 137 Å². The summed E-state index contributed by atoms with van der Waals surface area (Å²) in [7, 11) is 0. The number of nitrogens with two attached hydrogens (primary N) is 3. The van der Waals surface area contributed by atoms with Gasteiger partial charge in [-0.1, -0.05) is 55.8 Å². The van der Waals surface area contributed by atoms with Gasteiger partial charge in [-0.25, -0.2) is 0 Å². The van der Waals surface area contributed by atoms with Gasteiger partial charge in [0.25, 0.3) is 0 Å². The molecule has 5 aliphatic rings. The molecule has 7 atom stereocenters. The zero-order valence-corrected chi connectivity index (χ0v) is 63.4. The molecule has 2 aromatic rings. The van der Waals surface area contributed by atoms with Crippen LogP contribution in [0.25, 0.3) is 0 Å². The molecule has 5 heterocycles. The van der Waals surface area contributed by atoms with E-state index in [1.54, 1.807) is 42.5 Å². The zero-order chi connectivity index (χ0) is 79.9. The summed E-state index contributed by atoms with van der Waals surface area (Å²) in [6.45, 7) is 10.0. The number of nitrogens with one attached hydrogen (secondary N) is 16. The van der Waals surface area contributed by atoms with Gasteiger partial charge in [0.05, 0.1) is 23.8 Å². The summed E-state index contributed by atoms with van der Waals surface area (Å²) in [6, 6.07) is 6.80. The number of guanidine groups is 1. The maximum atomic E-state index is 14.2. The number of carbonyl (C=O) groups excluding carboxylic acids is 13. The number of phenols is 1. The highest BCUT2D eigenvalue weighted by molar-refractivity contribution is 8.00. The molecule has 0 aromatic heterocycles. The second-order valence-corrected chi connectivity index (χ2v) is 29.7. The molecular formula is C72H113N21O16S. The molecule has 5 aliphatic heterocycles. The van der Waals surface area contributed by atoms with E-state index in [-0.39, 0.29) is 138 Å². The minimum absolute atomic E-state index is 0.0148. The van der Waals surface area contributed by atoms with Gasteiger partial charge < -0.3 is 112 Å². The Kier molecular flexibility index (Phi) is 38.5. The standard InChI is InChI=1S/C72H113N21O16S/c1-71-40-76-27-30-79-43-72(44-80-31-28-77-41-71,45-81-32-29-78-42-71)92-59(98)18-10-17-58(97)86-51(35-47-19-21-48(94)22-20-47)65(105)83-25-8-3-6-16-57(96)88-54(63(73)103)39-110-55-37-61(100)93(69(55)109)33-23-56(95)82-24-9-7-14-50-66(106)89-49(15-11-26-84-70(74)75)64(104)85-38-60(99)87-53(36-62(101)102)68(108)91-52(67(107)90-50)34-46-12-4-2-5-13-46/h2,4-5,12-13,19-22,49-55,76-81,94H,3,6-11,14-18,23-45H2,1H3,(H2,73,103)(H,82,95)(H,83,105)(H,85,104)(H,86,97)(H,87,99)(H,88,96)(H,89,106)(H,90,107)(H,91,108)(H,92,98)(H,101,102)(H4,74,75,84)/t49-,50?,51?,52?,53?,54?,55?,71?,72?/m0/s1. The number of benzene rings is 2. The number of thioether (sulfide) groups is 1. The summed E-state index contributed by atoms with van der Waals surface area (Å²) in [5.74, 6) is -10.4. The summed E-state index contributed by atoms with van der Waals surface area (Å²) in [4.78, 5) is 191. The number of likely N-dealkylation sites (tertiary alicyclic amines) is 1. The zero-order valence-electron chi connectivity index (χ0n) is 62.6. The number of unbranched alkanes of at least 4 members (excludes halogenated alkanes) is 3. The predicted molar refractivity (Wildman–Crippen MR) is 408 cm³/mol. The minimum atomic E-state index is -1.67. The number of phenolic OH excluding ortho intramolecular Hbond substituents is 1. The molecule has 0 radical (unpaired) electrons. The van der Waals surface area contributed by atoms with Crippen LogP contribution in [0.3, 0.4) is 0 Å². The fraction of sp³-hybridized carbons (Fsp3) is 0.625. The van der Waals surface area contributed by atoms with Crippen LogP contribution in [0, 0.1) is 5.41 Å². The van der Waals surface area contributed by atoms with E-state index in [2.05, 4.69) is 97.0 Å². The number of aliphatic imine (C=N–C) groups is 1. The summed E-state index contributed by atoms with van der Waals surface area (Å²) in [6.07, 6.45) is 0.595. The second-order valence-electron chi connectivity index (χ2n) is 28.4. The van der Waals surface area contributed by atoms with Crippen molar-refractivity contribution in [1.82, 2.24) is 90.0 Å². The molecule has 38 heteroatoms. The normalized spacial score (nSPS) is 22.8. The van der Waals surface area contributed by atoms with Crippen LogP contribution in [0.2, 0.25) is 0 Å². The van der Waals surface area contributed by atoms with Crippen molar-refractivity contribution in [3.63, 3.8) is 0 Å². The van der Waals surface area contributed by atoms with E-state index in [1.807, 2.05) is 0 Å². The Hall–Kier alpha value is -9.60. The van der Waals surface area contributed by atoms with E-state index in [4.69, 9.17) is 17.2 Å². The largest absolute Gasteiger partial charge is 0.508 e. The topological polar surface area (TPSA) is 566 Å². The number of hydrogen-bond donors (Lipinski definition) is 21. The highest BCUT2D eigenvalue weighted by Crippen LogP contribution is 2.26. The van der Waals surface area contributed by atoms with Crippen molar-refractivity contribution in [3.8, 4) is 5.75 Å². The number of aromatic hydroxyl groups is 1. The maximum Gasteiger partial charge on any atom is 0.305 e. The van der Waals surface area contributed by atoms with Gasteiger partial charge in [0.2, 0.25) is 76.8 Å². The lowest BCUT2D eigenvalue weighted by atomic mass is 9.90. The molecule has 5 saturated heterocycles. The Morgan fingerprint density at radius 3 is 1.75 bits per heavy atom. The third-order valence-electron chi connectivity index (χ3n) is 18.8. The third kappa shape index (κ3) is 33.3. The number of primary amides is 1. The second kappa shape index (κ2) is 47.5. The Morgan fingerprint density at radius 1 is 0.582 bits per heavy atom. The van der Waals surface area contributed by atoms with E-state index >= 15 is 0 Å². The van der Waals surface area contributed by atoms with Crippen molar-refractivity contribution in [2.24, 2.45) is 27.6 Å². The fourth-order valence-corrected chi connectivity index (χ4v) is 14.0. The molecule has 13 amide bonds. The van der Waals surface area contributed by atoms with Crippen LogP contribution >= 0.6 is 11.8 Å². The number of carboxylic acid groups (broad SMARTS) is 1. The Bertz CT molecular complexity index is 3400. The van der Waals surface area contributed by atoms with Crippen LogP contribution in [0.5, 0.6) is 5.75 Å². The summed E-state index contributed by atoms with van der Waals surface area (Å²) in [5, 5.41) is 66.7. The van der Waals surface area contributed by atoms with E-state index in [0.29, 0.717) is 69.7 Å². The number of amides is 13. The number of nitrogens with zero attached hydrogens (tertiary/aromatic N) is 2. The lowest BCUT2D eigenvalue weighted by Gasteiger charge is -2.37. The van der Waals surface area contributed by atoms with E-state index in [1.165, 1.54) is 12.1 Å². The van der Waals surface area contributed by atoms with E-state index in [9.17, 15) is 77.3 Å². The van der Waals surface area contributed by atoms with Crippen LogP contribution in [-0.2, 0) is 80.0 Å². The summed E-state index contributed by atoms with van der Waals surface area (Å²) >= 11 is 0.951. The first kappa shape index (κ1) is 89.3. The third-order valence-corrected chi connectivity index (χ3v) is 20.1. The molecule has 0 spiro atoms. The molecule has 24 N–H and O–H groups in total. The van der Waals surface area contributed by atoms with Gasteiger partial charge in [-0.2, -0.15) is 0 Å². The lowest BCUT2D eigenvalue weighted by molar-refractivity contribution is -0.141. The maximum absolute atomic E-state index is 14.2. The van der Waals surface area contributed by atoms with Gasteiger partial charge in [-0.05, 0) is 74.6 Å². The molecule has 37 nitrogen and oxygen atoms in total. The van der Waals surface area contributed by atoms with Crippen molar-refractivity contribution in [1.29, 1.82) is 0 Å². The predicted octanol–water partition coefficient (Wildman–Crippen LogP) is -5.96. The van der Waals surface area contributed by atoms with Crippen molar-refractivity contribution in [3.05, 3.63) is 65.7 Å². The van der Waals surface area contributed by atoms with Gasteiger partial charge in [0.15, 0.2) is 5.96 Å². The van der Waals surface area contributed by atoms with Gasteiger partial charge in [-0.3, -0.25) is 77.0 Å². The summed E-state index contributed by atoms with van der Waals surface area (Å²) < 4.78 is 0. The molecular weight excluding hydrogens is 1450 g/mol. The number of rotatable bonds is 36. The monoisotopic (exact) mass is 1560 g/mol. The molecule has 0 aliphatic carbocycles. The molecule has 6 unspecified atom stereocenters. The molecule has 2 aromatic carbocycles. The minimum Gasteiger partial charge on any atom is -0.508 e. The number of hydrogen-bond acceptors (Lipinski definition) is 23. The Balaban J connectivity index is 0.920. The molecule has 0 saturated carbocycles. The highest BCUT2D eigenvalue weighted by Gasteiger charge is 2.40. The number of fused-ring (bicyclic) bond motifs is 15. The van der Waals surface area contributed by atoms with Crippen molar-refractivity contribution >= 4 is 100 Å². The number of carbonyl (C=O) groups is 14. The first-order chi connectivity index (χ1) is 52.7. The highest BCUT2D eigenvalue weighted by atomic mass is 32.2. The Labute approximate surface area is 644 Å². The molecule has 7 rings (SSSR count). The van der Waals surface area contributed by atoms with Crippen molar-refractivity contribution in [2.75, 3.05) is 117 Å². The number of imide groups is 1. The first-order valence-corrected chi connectivity index (χ1v) is 38.7. The number of carboxylic acids is 1. The molecule has 2 bridgehead atoms. The lowest BCUT2D eigenvalue weighted by Crippen LogP contribution is -2.66. The molecule has 110 heavy (non-hydrogen) atoms. The van der Waals surface area contributed by atoms with Crippen LogP contribution in [-0.4, -0.2) is 268 Å². The van der Waals surface area contributed by atoms with E-state index in [0.717, 1.165) is 55.9 Å². The Morgan fingerprint density at radius 2 is 1.13 bits per heavy atom. The van der Waals surface area contributed by atoms with Crippen LogP contribution < -0.4 is 102 Å². The smallest absolute Gasteiger partial charge is 0.305 e. The van der Waals surface area contributed by atoms with Crippen LogP contribution in [0.1, 0.15) is 114 Å². The van der Waals surface area contributed by atoms with Crippen molar-refractivity contribution in [2.45, 2.75) is 163 Å². The molecule has 5 fully saturated rings. The average molecular weight is 1560 g/mol. The van der Waals surface area contributed by atoms with Crippen LogP contribution in [0.4, 0.5) is 0 Å².